The molecule has 0 bridgehead atoms. The number of halogens is 1. The maximum Gasteiger partial charge on any atom is 0.343 e. The number of esters is 1. The topological polar surface area (TPSA) is 82.2 Å². The Bertz CT molecular complexity index is 654. The number of nitrogens with one attached hydrogen (secondary N) is 1. The van der Waals surface area contributed by atoms with Crippen LogP contribution in [0.1, 0.15) is 24.2 Å². The first-order valence-electron chi connectivity index (χ1n) is 6.61. The van der Waals surface area contributed by atoms with Crippen molar-refractivity contribution in [2.45, 2.75) is 20.4 Å². The Morgan fingerprint density at radius 3 is 2.90 bits per heavy atom. The van der Waals surface area contributed by atoms with Crippen molar-refractivity contribution in [1.29, 1.82) is 0 Å². The predicted molar refractivity (Wildman–Crippen MR) is 78.0 cm³/mol. The van der Waals surface area contributed by atoms with E-state index in [0.29, 0.717) is 17.9 Å². The first-order chi connectivity index (χ1) is 10.0. The molecule has 0 fully saturated rings. The van der Waals surface area contributed by atoms with Crippen LogP contribution in [-0.2, 0) is 11.3 Å². The second kappa shape index (κ2) is 6.25. The van der Waals surface area contributed by atoms with Crippen molar-refractivity contribution in [3.8, 4) is 0 Å². The van der Waals surface area contributed by atoms with Crippen LogP contribution in [0.15, 0.2) is 24.4 Å². The number of carbonyl (C=O) groups is 1. The fraction of sp³-hybridized carbons (Fsp3) is 0.286. The van der Waals surface area contributed by atoms with Crippen LogP contribution in [0.5, 0.6) is 0 Å². The Morgan fingerprint density at radius 2 is 2.24 bits per heavy atom. The van der Waals surface area contributed by atoms with E-state index >= 15 is 0 Å². The van der Waals surface area contributed by atoms with Crippen molar-refractivity contribution in [3.63, 3.8) is 0 Å². The predicted octanol–water partition coefficient (Wildman–Crippen LogP) is 2.54. The summed E-state index contributed by atoms with van der Waals surface area (Å²) >= 11 is 0. The number of nitrogen functional groups attached to an aromatic ring is 1. The molecule has 0 aliphatic carbocycles. The standard InChI is InChI=1S/C14H17FN4O2/c1-3-19-8-10(14(20)21-4-2)13(18-19)17-12-7-9(15)5-6-11(12)16/h5-8H,3-4,16H2,1-2H3,(H,17,18). The quantitative estimate of drug-likeness (QED) is 0.653. The zero-order chi connectivity index (χ0) is 15.4. The normalized spacial score (nSPS) is 10.4. The zero-order valence-corrected chi connectivity index (χ0v) is 11.9. The van der Waals surface area contributed by atoms with Crippen LogP contribution in [0.3, 0.4) is 0 Å². The number of carbonyl (C=O) groups excluding carboxylic acids is 1. The lowest BCUT2D eigenvalue weighted by Gasteiger charge is -2.08. The fourth-order valence-electron chi connectivity index (χ4n) is 1.80. The third kappa shape index (κ3) is 3.31. The summed E-state index contributed by atoms with van der Waals surface area (Å²) < 4.78 is 19.9. The lowest BCUT2D eigenvalue weighted by molar-refractivity contribution is 0.0527. The highest BCUT2D eigenvalue weighted by Gasteiger charge is 2.18. The number of aromatic nitrogens is 2. The summed E-state index contributed by atoms with van der Waals surface area (Å²) in [5, 5.41) is 7.10. The van der Waals surface area contributed by atoms with E-state index in [1.54, 1.807) is 17.8 Å². The van der Waals surface area contributed by atoms with Gasteiger partial charge in [0, 0.05) is 12.7 Å². The molecule has 0 saturated carbocycles. The Hall–Kier alpha value is -2.57. The van der Waals surface area contributed by atoms with Gasteiger partial charge in [0.15, 0.2) is 5.82 Å². The van der Waals surface area contributed by atoms with E-state index in [1.807, 2.05) is 6.92 Å². The van der Waals surface area contributed by atoms with Gasteiger partial charge in [-0.15, -0.1) is 0 Å². The van der Waals surface area contributed by atoms with Crippen molar-refractivity contribution in [2.24, 2.45) is 0 Å². The first kappa shape index (κ1) is 14.8. The summed E-state index contributed by atoms with van der Waals surface area (Å²) in [6, 6.07) is 3.95. The molecular formula is C14H17FN4O2. The maximum atomic E-state index is 13.3. The monoisotopic (exact) mass is 292 g/mol. The number of hydrogen-bond acceptors (Lipinski definition) is 5. The number of benzene rings is 1. The van der Waals surface area contributed by atoms with E-state index in [9.17, 15) is 9.18 Å². The van der Waals surface area contributed by atoms with E-state index in [4.69, 9.17) is 10.5 Å². The number of aryl methyl sites for hydroxylation is 1. The Kier molecular flexibility index (Phi) is 4.42. The minimum absolute atomic E-state index is 0.262. The van der Waals surface area contributed by atoms with Gasteiger partial charge in [0.05, 0.1) is 18.0 Å². The molecule has 3 N–H and O–H groups in total. The van der Waals surface area contributed by atoms with Crippen LogP contribution < -0.4 is 11.1 Å². The SMILES string of the molecule is CCOC(=O)c1cn(CC)nc1Nc1cc(F)ccc1N. The second-order valence-corrected chi connectivity index (χ2v) is 4.32. The number of anilines is 3. The highest BCUT2D eigenvalue weighted by molar-refractivity contribution is 5.95. The van der Waals surface area contributed by atoms with Crippen molar-refractivity contribution in [3.05, 3.63) is 35.8 Å². The van der Waals surface area contributed by atoms with Crippen LogP contribution in [-0.4, -0.2) is 22.4 Å². The molecule has 0 aliphatic heterocycles. The lowest BCUT2D eigenvalue weighted by atomic mass is 10.2. The minimum Gasteiger partial charge on any atom is -0.462 e. The molecule has 0 atom stereocenters. The third-order valence-corrected chi connectivity index (χ3v) is 2.85. The van der Waals surface area contributed by atoms with Crippen molar-refractivity contribution in [2.75, 3.05) is 17.7 Å². The van der Waals surface area contributed by atoms with E-state index in [0.717, 1.165) is 0 Å². The van der Waals surface area contributed by atoms with Crippen molar-refractivity contribution < 1.29 is 13.9 Å². The summed E-state index contributed by atoms with van der Waals surface area (Å²) in [4.78, 5) is 11.9. The molecule has 1 heterocycles. The van der Waals surface area contributed by atoms with Gasteiger partial charge in [-0.25, -0.2) is 9.18 Å². The number of rotatable bonds is 5. The molecule has 1 aromatic heterocycles. The molecule has 21 heavy (non-hydrogen) atoms. The van der Waals surface area contributed by atoms with E-state index in [2.05, 4.69) is 10.4 Å². The zero-order valence-electron chi connectivity index (χ0n) is 11.9. The van der Waals surface area contributed by atoms with Gasteiger partial charge in [0.25, 0.3) is 0 Å². The van der Waals surface area contributed by atoms with Gasteiger partial charge >= 0.3 is 5.97 Å². The highest BCUT2D eigenvalue weighted by Crippen LogP contribution is 2.25. The Labute approximate surface area is 121 Å². The van der Waals surface area contributed by atoms with Crippen molar-refractivity contribution in [1.82, 2.24) is 9.78 Å². The Balaban J connectivity index is 2.36. The summed E-state index contributed by atoms with van der Waals surface area (Å²) in [6.07, 6.45) is 1.58. The number of nitrogens with zero attached hydrogens (tertiary/aromatic N) is 2. The van der Waals surface area contributed by atoms with Gasteiger partial charge < -0.3 is 15.8 Å². The van der Waals surface area contributed by atoms with Gasteiger partial charge in [-0.05, 0) is 32.0 Å². The molecule has 6 nitrogen and oxygen atoms in total. The second-order valence-electron chi connectivity index (χ2n) is 4.32. The van der Waals surface area contributed by atoms with Gasteiger partial charge in [0.1, 0.15) is 11.4 Å². The van der Waals surface area contributed by atoms with E-state index < -0.39 is 11.8 Å². The molecule has 1 aromatic carbocycles. The van der Waals surface area contributed by atoms with Crippen LogP contribution >= 0.6 is 0 Å². The molecular weight excluding hydrogens is 275 g/mol. The van der Waals surface area contributed by atoms with Gasteiger partial charge in [-0.2, -0.15) is 5.10 Å². The minimum atomic E-state index is -0.491. The van der Waals surface area contributed by atoms with Gasteiger partial charge in [0.2, 0.25) is 0 Å². The molecule has 2 rings (SSSR count). The highest BCUT2D eigenvalue weighted by atomic mass is 19.1. The third-order valence-electron chi connectivity index (χ3n) is 2.85. The number of ether oxygens (including phenoxy) is 1. The van der Waals surface area contributed by atoms with E-state index in [1.165, 1.54) is 18.2 Å². The molecule has 0 saturated heterocycles. The Morgan fingerprint density at radius 1 is 1.48 bits per heavy atom. The summed E-state index contributed by atoms with van der Waals surface area (Å²) in [5.74, 6) is -0.637. The molecule has 2 aromatic rings. The largest absolute Gasteiger partial charge is 0.462 e. The lowest BCUT2D eigenvalue weighted by Crippen LogP contribution is -2.07. The average molecular weight is 292 g/mol. The van der Waals surface area contributed by atoms with Gasteiger partial charge in [-0.3, -0.25) is 4.68 Å². The van der Waals surface area contributed by atoms with Crippen LogP contribution in [0.2, 0.25) is 0 Å². The molecule has 0 amide bonds. The summed E-state index contributed by atoms with van der Waals surface area (Å²) in [5.41, 5.74) is 6.77. The molecule has 0 radical (unpaired) electrons. The fourth-order valence-corrected chi connectivity index (χ4v) is 1.80. The van der Waals surface area contributed by atoms with Gasteiger partial charge in [-0.1, -0.05) is 0 Å². The van der Waals surface area contributed by atoms with Crippen LogP contribution in [0, 0.1) is 5.82 Å². The van der Waals surface area contributed by atoms with Crippen molar-refractivity contribution >= 4 is 23.2 Å². The molecule has 112 valence electrons. The maximum absolute atomic E-state index is 13.3. The van der Waals surface area contributed by atoms with Crippen LogP contribution in [0.4, 0.5) is 21.6 Å². The molecule has 0 aliphatic rings. The molecule has 0 spiro atoms. The molecule has 7 heteroatoms. The number of hydrogen-bond donors (Lipinski definition) is 2. The summed E-state index contributed by atoms with van der Waals surface area (Å²) in [6.45, 7) is 4.46. The average Bonchev–Trinajstić information content (AvgIpc) is 2.86. The van der Waals surface area contributed by atoms with Crippen LogP contribution in [0.25, 0.3) is 0 Å². The number of nitrogens with two attached hydrogens (primary N) is 1. The van der Waals surface area contributed by atoms with E-state index in [-0.39, 0.29) is 18.0 Å². The first-order valence-corrected chi connectivity index (χ1v) is 6.61. The smallest absolute Gasteiger partial charge is 0.343 e. The summed E-state index contributed by atoms with van der Waals surface area (Å²) in [7, 11) is 0. The molecule has 0 unspecified atom stereocenters.